The van der Waals surface area contributed by atoms with E-state index in [1.165, 1.54) is 0 Å². The van der Waals surface area contributed by atoms with E-state index in [0.717, 1.165) is 19.7 Å². The molecule has 1 aliphatic rings. The predicted molar refractivity (Wildman–Crippen MR) is 48.5 cm³/mol. The predicted octanol–water partition coefficient (Wildman–Crippen LogP) is -0.665. The highest BCUT2D eigenvalue weighted by Gasteiger charge is 2.23. The van der Waals surface area contributed by atoms with Gasteiger partial charge >= 0.3 is 0 Å². The van der Waals surface area contributed by atoms with Gasteiger partial charge in [0.15, 0.2) is 0 Å². The topological polar surface area (TPSA) is 50.5 Å². The van der Waals surface area contributed by atoms with E-state index in [0.29, 0.717) is 0 Å². The smallest absolute Gasteiger partial charge is 0.0903 e. The van der Waals surface area contributed by atoms with Gasteiger partial charge in [-0.05, 0) is 7.05 Å². The number of hydrogen-bond acceptors (Lipinski definition) is 4. The molecule has 70 valence electrons. The van der Waals surface area contributed by atoms with Gasteiger partial charge in [-0.15, -0.1) is 6.58 Å². The first kappa shape index (κ1) is 9.67. The van der Waals surface area contributed by atoms with Crippen LogP contribution in [0.25, 0.3) is 0 Å². The van der Waals surface area contributed by atoms with E-state index in [2.05, 4.69) is 24.0 Å². The fourth-order valence-electron chi connectivity index (χ4n) is 1.36. The number of rotatable bonds is 3. The van der Waals surface area contributed by atoms with E-state index < -0.39 is 0 Å². The van der Waals surface area contributed by atoms with Crippen LogP contribution in [-0.4, -0.2) is 43.8 Å². The van der Waals surface area contributed by atoms with Crippen molar-refractivity contribution in [2.24, 2.45) is 5.84 Å². The van der Waals surface area contributed by atoms with Gasteiger partial charge in [0.05, 0.1) is 18.8 Å². The number of hydrazine groups is 1. The van der Waals surface area contributed by atoms with Crippen molar-refractivity contribution in [2.45, 2.75) is 12.1 Å². The fraction of sp³-hybridized carbons (Fsp3) is 0.750. The molecule has 2 atom stereocenters. The summed E-state index contributed by atoms with van der Waals surface area (Å²) in [5.41, 5.74) is 2.67. The van der Waals surface area contributed by atoms with Crippen LogP contribution in [0.2, 0.25) is 0 Å². The molecule has 0 aromatic heterocycles. The Bertz CT molecular complexity index is 151. The van der Waals surface area contributed by atoms with Crippen molar-refractivity contribution in [1.29, 1.82) is 0 Å². The normalized spacial score (nSPS) is 28.3. The van der Waals surface area contributed by atoms with E-state index in [1.54, 1.807) is 6.08 Å². The second kappa shape index (κ2) is 4.57. The van der Waals surface area contributed by atoms with E-state index in [1.807, 2.05) is 0 Å². The molecule has 1 fully saturated rings. The summed E-state index contributed by atoms with van der Waals surface area (Å²) in [6.07, 6.45) is 1.91. The molecule has 0 saturated carbocycles. The van der Waals surface area contributed by atoms with Crippen molar-refractivity contribution in [3.05, 3.63) is 12.7 Å². The molecule has 3 N–H and O–H groups in total. The van der Waals surface area contributed by atoms with Gasteiger partial charge in [0, 0.05) is 13.1 Å². The molecule has 0 spiro atoms. The van der Waals surface area contributed by atoms with Gasteiger partial charge in [0.1, 0.15) is 0 Å². The summed E-state index contributed by atoms with van der Waals surface area (Å²) in [6.45, 7) is 6.36. The summed E-state index contributed by atoms with van der Waals surface area (Å²) in [5.74, 6) is 5.34. The second-order valence-corrected chi connectivity index (χ2v) is 3.10. The lowest BCUT2D eigenvalue weighted by atomic mass is 10.1. The largest absolute Gasteiger partial charge is 0.374 e. The Hall–Kier alpha value is -0.420. The maximum atomic E-state index is 5.54. The molecule has 0 aliphatic carbocycles. The summed E-state index contributed by atoms with van der Waals surface area (Å²) in [4.78, 5) is 2.22. The van der Waals surface area contributed by atoms with Crippen molar-refractivity contribution < 1.29 is 4.74 Å². The molecule has 1 aliphatic heterocycles. The zero-order valence-corrected chi connectivity index (χ0v) is 7.49. The average Bonchev–Trinajstić information content (AvgIpc) is 2.07. The van der Waals surface area contributed by atoms with Gasteiger partial charge < -0.3 is 9.64 Å². The Morgan fingerprint density at radius 2 is 2.58 bits per heavy atom. The van der Waals surface area contributed by atoms with Gasteiger partial charge in [-0.2, -0.15) is 0 Å². The summed E-state index contributed by atoms with van der Waals surface area (Å²) in [7, 11) is 2.08. The third-order valence-electron chi connectivity index (χ3n) is 2.14. The molecular weight excluding hydrogens is 154 g/mol. The maximum absolute atomic E-state index is 5.54. The summed E-state index contributed by atoms with van der Waals surface area (Å²) in [5, 5.41) is 0. The van der Waals surface area contributed by atoms with Gasteiger partial charge in [-0.1, -0.05) is 6.08 Å². The molecule has 4 heteroatoms. The molecular formula is C8H17N3O. The molecule has 0 aromatic rings. The molecule has 0 radical (unpaired) electrons. The molecule has 1 heterocycles. The van der Waals surface area contributed by atoms with Crippen molar-refractivity contribution >= 4 is 0 Å². The van der Waals surface area contributed by atoms with Gasteiger partial charge in [-0.3, -0.25) is 11.3 Å². The minimum absolute atomic E-state index is 0.0488. The molecule has 0 aromatic carbocycles. The third-order valence-corrected chi connectivity index (χ3v) is 2.14. The lowest BCUT2D eigenvalue weighted by Crippen LogP contribution is -2.52. The summed E-state index contributed by atoms with van der Waals surface area (Å²) in [6, 6.07) is 0.0488. The Labute approximate surface area is 73.3 Å². The first-order valence-corrected chi connectivity index (χ1v) is 4.16. The van der Waals surface area contributed by atoms with Gasteiger partial charge in [0.2, 0.25) is 0 Å². The first-order chi connectivity index (χ1) is 5.77. The Balaban J connectivity index is 2.43. The highest BCUT2D eigenvalue weighted by molar-refractivity contribution is 4.92. The number of nitrogens with zero attached hydrogens (tertiary/aromatic N) is 1. The van der Waals surface area contributed by atoms with Crippen LogP contribution in [0.15, 0.2) is 12.7 Å². The van der Waals surface area contributed by atoms with Crippen molar-refractivity contribution in [3.63, 3.8) is 0 Å². The monoisotopic (exact) mass is 171 g/mol. The first-order valence-electron chi connectivity index (χ1n) is 4.16. The lowest BCUT2D eigenvalue weighted by Gasteiger charge is -2.33. The zero-order chi connectivity index (χ0) is 8.97. The van der Waals surface area contributed by atoms with E-state index in [9.17, 15) is 0 Å². The standard InChI is InChI=1S/C8H17N3O/c1-3-7(10-9)8-6-11(2)4-5-12-8/h3,7-8,10H,1,4-6,9H2,2H3. The van der Waals surface area contributed by atoms with Crippen LogP contribution in [0.1, 0.15) is 0 Å². The SMILES string of the molecule is C=CC(NN)C1CN(C)CCO1. The molecule has 0 bridgehead atoms. The molecule has 1 saturated heterocycles. The third kappa shape index (κ3) is 2.28. The van der Waals surface area contributed by atoms with E-state index >= 15 is 0 Å². The van der Waals surface area contributed by atoms with Crippen LogP contribution in [0.5, 0.6) is 0 Å². The van der Waals surface area contributed by atoms with Crippen LogP contribution in [0, 0.1) is 0 Å². The number of hydrogen-bond donors (Lipinski definition) is 2. The van der Waals surface area contributed by atoms with Gasteiger partial charge in [-0.25, -0.2) is 0 Å². The van der Waals surface area contributed by atoms with E-state index in [-0.39, 0.29) is 12.1 Å². The van der Waals surface area contributed by atoms with Crippen LogP contribution >= 0.6 is 0 Å². The minimum Gasteiger partial charge on any atom is -0.374 e. The average molecular weight is 171 g/mol. The van der Waals surface area contributed by atoms with Crippen molar-refractivity contribution in [3.8, 4) is 0 Å². The number of nitrogens with two attached hydrogens (primary N) is 1. The minimum atomic E-state index is 0.0488. The fourth-order valence-corrected chi connectivity index (χ4v) is 1.36. The Morgan fingerprint density at radius 3 is 3.08 bits per heavy atom. The zero-order valence-electron chi connectivity index (χ0n) is 7.49. The molecule has 0 amide bonds. The number of likely N-dealkylation sites (N-methyl/N-ethyl adjacent to an activating group) is 1. The van der Waals surface area contributed by atoms with Crippen LogP contribution in [0.4, 0.5) is 0 Å². The van der Waals surface area contributed by atoms with Crippen LogP contribution < -0.4 is 11.3 Å². The maximum Gasteiger partial charge on any atom is 0.0903 e. The van der Waals surface area contributed by atoms with Crippen molar-refractivity contribution in [1.82, 2.24) is 10.3 Å². The van der Waals surface area contributed by atoms with Gasteiger partial charge in [0.25, 0.3) is 0 Å². The summed E-state index contributed by atoms with van der Waals surface area (Å²) >= 11 is 0. The Morgan fingerprint density at radius 1 is 1.83 bits per heavy atom. The number of ether oxygens (including phenoxy) is 1. The highest BCUT2D eigenvalue weighted by Crippen LogP contribution is 2.07. The van der Waals surface area contributed by atoms with Crippen LogP contribution in [0.3, 0.4) is 0 Å². The molecule has 12 heavy (non-hydrogen) atoms. The van der Waals surface area contributed by atoms with Crippen molar-refractivity contribution in [2.75, 3.05) is 26.7 Å². The van der Waals surface area contributed by atoms with E-state index in [4.69, 9.17) is 10.6 Å². The molecule has 4 nitrogen and oxygen atoms in total. The Kier molecular flexibility index (Phi) is 3.68. The molecule has 1 rings (SSSR count). The molecule has 2 unspecified atom stereocenters. The van der Waals surface area contributed by atoms with Crippen LogP contribution in [-0.2, 0) is 4.74 Å². The number of nitrogens with one attached hydrogen (secondary N) is 1. The lowest BCUT2D eigenvalue weighted by molar-refractivity contribution is -0.0304. The number of morpholine rings is 1. The highest BCUT2D eigenvalue weighted by atomic mass is 16.5. The summed E-state index contributed by atoms with van der Waals surface area (Å²) < 4.78 is 5.54. The second-order valence-electron chi connectivity index (χ2n) is 3.10. The quantitative estimate of drug-likeness (QED) is 0.336.